The van der Waals surface area contributed by atoms with Crippen LogP contribution in [0.25, 0.3) is 0 Å². The number of anilines is 2. The van der Waals surface area contributed by atoms with Crippen molar-refractivity contribution in [1.82, 2.24) is 19.7 Å². The van der Waals surface area contributed by atoms with Gasteiger partial charge in [0, 0.05) is 75.3 Å². The Bertz CT molecular complexity index is 1270. The normalized spacial score (nSPS) is 18.4. The van der Waals surface area contributed by atoms with Gasteiger partial charge in [-0.25, -0.2) is 0 Å². The fourth-order valence-corrected chi connectivity index (χ4v) is 5.40. The summed E-state index contributed by atoms with van der Waals surface area (Å²) in [5.74, 6) is -0.744. The number of pyridine rings is 1. The predicted molar refractivity (Wildman–Crippen MR) is 146 cm³/mol. The molecule has 216 valence electrons. The SMILES string of the molecule is CNc1cncc(C(=O)N2CCC[C@@H](Nc3c(C(=O)N4CCN(CC(F)(F)F)CC4)cc(Br)cc3[N+](=O)[O-])C2)c1. The first kappa shape index (κ1) is 29.5. The second kappa shape index (κ2) is 12.4. The summed E-state index contributed by atoms with van der Waals surface area (Å²) in [7, 11) is 1.72. The van der Waals surface area contributed by atoms with Crippen molar-refractivity contribution in [3.63, 3.8) is 0 Å². The van der Waals surface area contributed by atoms with Gasteiger partial charge in [0.15, 0.2) is 0 Å². The number of hydrogen-bond acceptors (Lipinski definition) is 8. The average molecular weight is 628 g/mol. The van der Waals surface area contributed by atoms with Crippen molar-refractivity contribution >= 4 is 44.8 Å². The van der Waals surface area contributed by atoms with Gasteiger partial charge >= 0.3 is 6.18 Å². The molecule has 11 nitrogen and oxygen atoms in total. The number of piperazine rings is 1. The molecule has 2 aliphatic rings. The molecule has 0 spiro atoms. The zero-order chi connectivity index (χ0) is 29.0. The van der Waals surface area contributed by atoms with E-state index in [1.165, 1.54) is 28.1 Å². The highest BCUT2D eigenvalue weighted by Crippen LogP contribution is 2.35. The van der Waals surface area contributed by atoms with Crippen molar-refractivity contribution in [1.29, 1.82) is 0 Å². The molecule has 1 aromatic carbocycles. The van der Waals surface area contributed by atoms with E-state index in [4.69, 9.17) is 0 Å². The Kier molecular flexibility index (Phi) is 9.13. The number of rotatable bonds is 7. The molecule has 2 fully saturated rings. The first-order valence-corrected chi connectivity index (χ1v) is 13.5. The topological polar surface area (TPSA) is 124 Å². The highest BCUT2D eigenvalue weighted by atomic mass is 79.9. The van der Waals surface area contributed by atoms with E-state index >= 15 is 0 Å². The number of nitrogens with one attached hydrogen (secondary N) is 2. The molecule has 1 atom stereocenters. The monoisotopic (exact) mass is 627 g/mol. The zero-order valence-electron chi connectivity index (χ0n) is 21.7. The number of nitro groups is 1. The maximum Gasteiger partial charge on any atom is 0.401 e. The molecule has 1 aromatic heterocycles. The molecule has 4 rings (SSSR count). The van der Waals surface area contributed by atoms with E-state index in [-0.39, 0.29) is 61.6 Å². The molecule has 40 heavy (non-hydrogen) atoms. The molecule has 0 radical (unpaired) electrons. The lowest BCUT2D eigenvalue weighted by Crippen LogP contribution is -2.51. The Morgan fingerprint density at radius 2 is 1.82 bits per heavy atom. The number of nitro benzene ring substituents is 1. The molecule has 0 saturated carbocycles. The molecule has 2 amide bonds. The van der Waals surface area contributed by atoms with Crippen LogP contribution in [0, 0.1) is 10.1 Å². The van der Waals surface area contributed by atoms with Gasteiger partial charge in [-0.05, 0) is 25.0 Å². The molecule has 3 heterocycles. The van der Waals surface area contributed by atoms with Crippen LogP contribution in [0.3, 0.4) is 0 Å². The van der Waals surface area contributed by atoms with Crippen LogP contribution < -0.4 is 10.6 Å². The lowest BCUT2D eigenvalue weighted by molar-refractivity contribution is -0.384. The fraction of sp³-hybridized carbons (Fsp3) is 0.480. The van der Waals surface area contributed by atoms with Crippen LogP contribution in [0.4, 0.5) is 30.2 Å². The van der Waals surface area contributed by atoms with Gasteiger partial charge in [-0.15, -0.1) is 0 Å². The first-order chi connectivity index (χ1) is 18.9. The van der Waals surface area contributed by atoms with E-state index in [9.17, 15) is 32.9 Å². The smallest absolute Gasteiger partial charge is 0.387 e. The van der Waals surface area contributed by atoms with Crippen LogP contribution in [-0.2, 0) is 0 Å². The number of aromatic nitrogens is 1. The van der Waals surface area contributed by atoms with E-state index in [2.05, 4.69) is 31.5 Å². The Balaban J connectivity index is 1.54. The number of halogens is 4. The number of likely N-dealkylation sites (tertiary alicyclic amines) is 1. The van der Waals surface area contributed by atoms with Crippen LogP contribution in [0.1, 0.15) is 33.6 Å². The number of alkyl halides is 3. The van der Waals surface area contributed by atoms with Crippen LogP contribution in [0.2, 0.25) is 0 Å². The first-order valence-electron chi connectivity index (χ1n) is 12.7. The van der Waals surface area contributed by atoms with Gasteiger partial charge in [-0.2, -0.15) is 13.2 Å². The van der Waals surface area contributed by atoms with Gasteiger partial charge in [0.25, 0.3) is 17.5 Å². The Hall–Kier alpha value is -3.46. The van der Waals surface area contributed by atoms with Crippen LogP contribution in [0.5, 0.6) is 0 Å². The maximum absolute atomic E-state index is 13.5. The molecule has 2 N–H and O–H groups in total. The summed E-state index contributed by atoms with van der Waals surface area (Å²) in [4.78, 5) is 46.4. The van der Waals surface area contributed by atoms with Gasteiger partial charge in [0.2, 0.25) is 0 Å². The fourth-order valence-electron chi connectivity index (χ4n) is 4.95. The quantitative estimate of drug-likeness (QED) is 0.351. The Labute approximate surface area is 237 Å². The average Bonchev–Trinajstić information content (AvgIpc) is 2.92. The maximum atomic E-state index is 13.5. The summed E-state index contributed by atoms with van der Waals surface area (Å²) in [5, 5.41) is 18.1. The van der Waals surface area contributed by atoms with Gasteiger partial charge < -0.3 is 20.4 Å². The summed E-state index contributed by atoms with van der Waals surface area (Å²) in [6.45, 7) is -0.131. The van der Waals surface area contributed by atoms with Crippen LogP contribution in [0.15, 0.2) is 35.1 Å². The van der Waals surface area contributed by atoms with Gasteiger partial charge in [-0.3, -0.25) is 29.6 Å². The second-order valence-corrected chi connectivity index (χ2v) is 10.7. The molecule has 0 aliphatic carbocycles. The highest BCUT2D eigenvalue weighted by Gasteiger charge is 2.35. The molecule has 0 unspecified atom stereocenters. The van der Waals surface area contributed by atoms with Gasteiger partial charge in [-0.1, -0.05) is 15.9 Å². The summed E-state index contributed by atoms with van der Waals surface area (Å²) in [5.41, 5.74) is 0.838. The summed E-state index contributed by atoms with van der Waals surface area (Å²) < 4.78 is 38.7. The van der Waals surface area contributed by atoms with Crippen molar-refractivity contribution in [3.8, 4) is 0 Å². The van der Waals surface area contributed by atoms with E-state index in [0.29, 0.717) is 35.1 Å². The zero-order valence-corrected chi connectivity index (χ0v) is 23.3. The minimum absolute atomic E-state index is 0.0223. The predicted octanol–water partition coefficient (Wildman–Crippen LogP) is 3.83. The van der Waals surface area contributed by atoms with Gasteiger partial charge in [0.1, 0.15) is 5.69 Å². The van der Waals surface area contributed by atoms with E-state index < -0.39 is 23.6 Å². The lowest BCUT2D eigenvalue weighted by atomic mass is 10.0. The third kappa shape index (κ3) is 7.18. The third-order valence-corrected chi connectivity index (χ3v) is 7.36. The van der Waals surface area contributed by atoms with Crippen molar-refractivity contribution in [3.05, 3.63) is 56.3 Å². The number of hydrogen-bond donors (Lipinski definition) is 2. The number of benzene rings is 1. The Morgan fingerprint density at radius 1 is 1.10 bits per heavy atom. The molecule has 2 saturated heterocycles. The van der Waals surface area contributed by atoms with E-state index in [0.717, 1.165) is 0 Å². The molecule has 15 heteroatoms. The molecule has 2 aliphatic heterocycles. The largest absolute Gasteiger partial charge is 0.401 e. The van der Waals surface area contributed by atoms with E-state index in [1.54, 1.807) is 24.2 Å². The number of nitrogens with zero attached hydrogens (tertiary/aromatic N) is 5. The minimum Gasteiger partial charge on any atom is -0.387 e. The minimum atomic E-state index is -4.34. The summed E-state index contributed by atoms with van der Waals surface area (Å²) >= 11 is 3.24. The summed E-state index contributed by atoms with van der Waals surface area (Å²) in [6, 6.07) is 4.08. The number of carbonyl (C=O) groups is 2. The molecular weight excluding hydrogens is 599 g/mol. The van der Waals surface area contributed by atoms with Crippen molar-refractivity contribution in [2.75, 3.05) is 63.5 Å². The number of carbonyl (C=O) groups excluding carboxylic acids is 2. The number of piperidine rings is 1. The van der Waals surface area contributed by atoms with Crippen molar-refractivity contribution in [2.45, 2.75) is 25.1 Å². The highest BCUT2D eigenvalue weighted by molar-refractivity contribution is 9.10. The molecule has 0 bridgehead atoms. The lowest BCUT2D eigenvalue weighted by Gasteiger charge is -2.36. The molecular formula is C25H29BrF3N7O4. The summed E-state index contributed by atoms with van der Waals surface area (Å²) in [6.07, 6.45) is -0.0216. The second-order valence-electron chi connectivity index (χ2n) is 9.74. The third-order valence-electron chi connectivity index (χ3n) is 6.90. The standard InChI is InChI=1S/C25H29BrF3N7O4/c1-30-19-9-16(12-31-13-19)23(37)35-4-2-3-18(14-35)32-22-20(10-17(26)11-21(22)36(39)40)24(38)34-7-5-33(6-8-34)15-25(27,28)29/h9-13,18,30,32H,2-8,14-15H2,1H3/t18-/m1/s1. The number of amides is 2. The Morgan fingerprint density at radius 3 is 2.48 bits per heavy atom. The molecule has 2 aromatic rings. The van der Waals surface area contributed by atoms with Crippen LogP contribution in [-0.4, -0.2) is 102 Å². The van der Waals surface area contributed by atoms with Gasteiger partial charge in [0.05, 0.1) is 28.3 Å². The van der Waals surface area contributed by atoms with Crippen LogP contribution >= 0.6 is 15.9 Å². The van der Waals surface area contributed by atoms with Crippen molar-refractivity contribution < 1.29 is 27.7 Å². The van der Waals surface area contributed by atoms with Crippen molar-refractivity contribution in [2.24, 2.45) is 0 Å². The van der Waals surface area contributed by atoms with E-state index in [1.807, 2.05) is 0 Å².